The number of carbonyl (C=O) groups excluding carboxylic acids is 1. The fraction of sp³-hybridized carbons (Fsp3) is 0.211. The second-order valence-corrected chi connectivity index (χ2v) is 8.02. The molecule has 0 spiro atoms. The molecular weight excluding hydrogens is 396 g/mol. The van der Waals surface area contributed by atoms with Crippen molar-refractivity contribution in [3.05, 3.63) is 65.2 Å². The summed E-state index contributed by atoms with van der Waals surface area (Å²) in [5.41, 5.74) is 2.84. The number of fused-ring (bicyclic) bond motifs is 1. The summed E-state index contributed by atoms with van der Waals surface area (Å²) >= 11 is 7.70. The Bertz CT molecular complexity index is 1060. The molecule has 1 fully saturated rings. The first-order valence-corrected chi connectivity index (χ1v) is 10.0. The third-order valence-electron chi connectivity index (χ3n) is 4.79. The lowest BCUT2D eigenvalue weighted by atomic mass is 9.94. The standard InChI is InChI=1S/C19H15ClN6OS/c20-16-17(12-6-2-1-3-7-12)26(18(16)27)19-24-23-15(28-19)10-25-11-21-22-13-8-4-5-9-14(13)25/h1-9,16-17H,10-11H2. The number of aromatic nitrogens is 2. The van der Waals surface area contributed by atoms with Gasteiger partial charge in [0.05, 0.1) is 18.3 Å². The Morgan fingerprint density at radius 3 is 2.71 bits per heavy atom. The van der Waals surface area contributed by atoms with Gasteiger partial charge < -0.3 is 4.90 Å². The molecule has 2 atom stereocenters. The highest BCUT2D eigenvalue weighted by Crippen LogP contribution is 2.43. The van der Waals surface area contributed by atoms with Gasteiger partial charge in [-0.1, -0.05) is 53.8 Å². The summed E-state index contributed by atoms with van der Waals surface area (Å²) < 4.78 is 0. The van der Waals surface area contributed by atoms with Gasteiger partial charge in [0.1, 0.15) is 22.7 Å². The summed E-state index contributed by atoms with van der Waals surface area (Å²) in [7, 11) is 0. The molecule has 1 saturated heterocycles. The number of hydrogen-bond acceptors (Lipinski definition) is 7. The summed E-state index contributed by atoms with van der Waals surface area (Å²) in [5, 5.41) is 17.7. The Kier molecular flexibility index (Phi) is 4.29. The number of amides is 1. The fourth-order valence-corrected chi connectivity index (χ4v) is 4.68. The molecule has 1 amide bonds. The molecule has 0 saturated carbocycles. The predicted molar refractivity (Wildman–Crippen MR) is 108 cm³/mol. The van der Waals surface area contributed by atoms with Crippen LogP contribution in [0, 0.1) is 0 Å². The van der Waals surface area contributed by atoms with Gasteiger partial charge in [0.25, 0.3) is 0 Å². The van der Waals surface area contributed by atoms with Crippen LogP contribution in [-0.4, -0.2) is 28.2 Å². The highest BCUT2D eigenvalue weighted by Gasteiger charge is 2.49. The first-order valence-electron chi connectivity index (χ1n) is 8.78. The van der Waals surface area contributed by atoms with Gasteiger partial charge >= 0.3 is 0 Å². The first kappa shape index (κ1) is 17.3. The van der Waals surface area contributed by atoms with Gasteiger partial charge in [-0.15, -0.1) is 21.8 Å². The summed E-state index contributed by atoms with van der Waals surface area (Å²) in [5.74, 6) is -0.143. The highest BCUT2D eigenvalue weighted by molar-refractivity contribution is 7.15. The second kappa shape index (κ2) is 6.96. The molecule has 2 aliphatic heterocycles. The van der Waals surface area contributed by atoms with Crippen LogP contribution in [-0.2, 0) is 11.3 Å². The van der Waals surface area contributed by atoms with Crippen molar-refractivity contribution in [3.63, 3.8) is 0 Å². The average molecular weight is 411 g/mol. The molecule has 0 aliphatic carbocycles. The average Bonchev–Trinajstić information content (AvgIpc) is 3.19. The van der Waals surface area contributed by atoms with Crippen LogP contribution in [0.4, 0.5) is 16.5 Å². The Labute approximate surface area is 170 Å². The van der Waals surface area contributed by atoms with Gasteiger partial charge in [-0.25, -0.2) is 0 Å². The molecular formula is C19H15ClN6OS. The number of alkyl halides is 1. The van der Waals surface area contributed by atoms with Crippen LogP contribution >= 0.6 is 22.9 Å². The number of azo groups is 1. The SMILES string of the molecule is O=C1C(Cl)C(c2ccccc2)N1c1nnc(CN2CN=Nc3ccccc32)s1. The van der Waals surface area contributed by atoms with E-state index < -0.39 is 5.38 Å². The Morgan fingerprint density at radius 1 is 1.07 bits per heavy atom. The summed E-state index contributed by atoms with van der Waals surface area (Å²) in [6.45, 7) is 1.01. The summed E-state index contributed by atoms with van der Waals surface area (Å²) in [6.07, 6.45) is 0. The zero-order valence-corrected chi connectivity index (χ0v) is 16.2. The Balaban J connectivity index is 1.38. The normalized spacial score (nSPS) is 20.8. The van der Waals surface area contributed by atoms with Crippen molar-refractivity contribution in [2.75, 3.05) is 16.5 Å². The lowest BCUT2D eigenvalue weighted by Crippen LogP contribution is -2.56. The molecule has 0 bridgehead atoms. The van der Waals surface area contributed by atoms with E-state index in [9.17, 15) is 4.79 Å². The zero-order valence-electron chi connectivity index (χ0n) is 14.6. The molecule has 2 unspecified atom stereocenters. The molecule has 140 valence electrons. The minimum atomic E-state index is -0.580. The van der Waals surface area contributed by atoms with Crippen molar-refractivity contribution >= 4 is 45.4 Å². The topological polar surface area (TPSA) is 74.1 Å². The van der Waals surface area contributed by atoms with Crippen molar-refractivity contribution in [3.8, 4) is 0 Å². The van der Waals surface area contributed by atoms with E-state index in [1.54, 1.807) is 4.90 Å². The van der Waals surface area contributed by atoms with Crippen LogP contribution in [0.2, 0.25) is 0 Å². The minimum absolute atomic E-state index is 0.143. The first-order chi connectivity index (χ1) is 13.7. The van der Waals surface area contributed by atoms with E-state index in [1.807, 2.05) is 54.6 Å². The van der Waals surface area contributed by atoms with E-state index in [1.165, 1.54) is 11.3 Å². The number of benzene rings is 2. The van der Waals surface area contributed by atoms with Gasteiger partial charge in [-0.2, -0.15) is 10.2 Å². The molecule has 3 aromatic rings. The van der Waals surface area contributed by atoms with Crippen molar-refractivity contribution < 1.29 is 4.79 Å². The lowest BCUT2D eigenvalue weighted by Gasteiger charge is -2.42. The van der Waals surface area contributed by atoms with Crippen LogP contribution in [0.3, 0.4) is 0 Å². The maximum absolute atomic E-state index is 12.4. The van der Waals surface area contributed by atoms with Crippen molar-refractivity contribution in [1.29, 1.82) is 0 Å². The zero-order chi connectivity index (χ0) is 19.1. The van der Waals surface area contributed by atoms with Crippen LogP contribution in [0.5, 0.6) is 0 Å². The third kappa shape index (κ3) is 2.85. The van der Waals surface area contributed by atoms with Crippen molar-refractivity contribution in [2.45, 2.75) is 18.0 Å². The smallest absolute Gasteiger partial charge is 0.250 e. The van der Waals surface area contributed by atoms with E-state index >= 15 is 0 Å². The van der Waals surface area contributed by atoms with E-state index in [0.717, 1.165) is 21.9 Å². The molecule has 2 aromatic carbocycles. The number of carbonyl (C=O) groups is 1. The van der Waals surface area contributed by atoms with Crippen LogP contribution in [0.1, 0.15) is 16.6 Å². The number of para-hydroxylation sites is 1. The van der Waals surface area contributed by atoms with Crippen LogP contribution in [0.15, 0.2) is 64.8 Å². The van der Waals surface area contributed by atoms with Gasteiger partial charge in [-0.3, -0.25) is 9.69 Å². The van der Waals surface area contributed by atoms with E-state index in [-0.39, 0.29) is 11.9 Å². The Morgan fingerprint density at radius 2 is 1.86 bits per heavy atom. The van der Waals surface area contributed by atoms with E-state index in [0.29, 0.717) is 18.3 Å². The van der Waals surface area contributed by atoms with Gasteiger partial charge in [0, 0.05) is 0 Å². The lowest BCUT2D eigenvalue weighted by molar-refractivity contribution is -0.123. The van der Waals surface area contributed by atoms with Crippen molar-refractivity contribution in [2.24, 2.45) is 10.2 Å². The number of halogens is 1. The highest BCUT2D eigenvalue weighted by atomic mass is 35.5. The molecule has 28 heavy (non-hydrogen) atoms. The van der Waals surface area contributed by atoms with Gasteiger partial charge in [0.15, 0.2) is 0 Å². The van der Waals surface area contributed by atoms with E-state index in [4.69, 9.17) is 11.6 Å². The molecule has 7 nitrogen and oxygen atoms in total. The number of β-lactam (4-membered cyclic amide) rings is 1. The predicted octanol–water partition coefficient (Wildman–Crippen LogP) is 4.29. The van der Waals surface area contributed by atoms with Gasteiger partial charge in [-0.05, 0) is 17.7 Å². The van der Waals surface area contributed by atoms with E-state index in [2.05, 4.69) is 25.3 Å². The largest absolute Gasteiger partial charge is 0.342 e. The molecule has 9 heteroatoms. The second-order valence-electron chi connectivity index (χ2n) is 6.51. The van der Waals surface area contributed by atoms with Crippen LogP contribution in [0.25, 0.3) is 0 Å². The minimum Gasteiger partial charge on any atom is -0.342 e. The number of rotatable bonds is 4. The van der Waals surface area contributed by atoms with Gasteiger partial charge in [0.2, 0.25) is 11.0 Å². The van der Waals surface area contributed by atoms with Crippen LogP contribution < -0.4 is 9.80 Å². The molecule has 0 N–H and O–H groups in total. The fourth-order valence-electron chi connectivity index (χ4n) is 3.42. The Hall–Kier alpha value is -2.84. The number of anilines is 2. The molecule has 2 aliphatic rings. The maximum atomic E-state index is 12.4. The molecule has 0 radical (unpaired) electrons. The summed E-state index contributed by atoms with van der Waals surface area (Å²) in [6, 6.07) is 17.4. The number of hydrogen-bond donors (Lipinski definition) is 0. The molecule has 5 rings (SSSR count). The molecule has 3 heterocycles. The third-order valence-corrected chi connectivity index (χ3v) is 6.13. The van der Waals surface area contributed by atoms with Crippen molar-refractivity contribution in [1.82, 2.24) is 10.2 Å². The quantitative estimate of drug-likeness (QED) is 0.475. The number of nitrogens with zero attached hydrogens (tertiary/aromatic N) is 6. The monoisotopic (exact) mass is 410 g/mol. The molecule has 1 aromatic heterocycles. The summed E-state index contributed by atoms with van der Waals surface area (Å²) in [4.78, 5) is 16.1. The maximum Gasteiger partial charge on any atom is 0.250 e.